The molecule has 0 aliphatic carbocycles. The first-order valence-corrected chi connectivity index (χ1v) is 4.96. The molecule has 0 radical (unpaired) electrons. The Labute approximate surface area is 94.1 Å². The van der Waals surface area contributed by atoms with Gasteiger partial charge in [0.15, 0.2) is 0 Å². The number of methoxy groups -OCH3 is 1. The number of pyridine rings is 1. The van der Waals surface area contributed by atoms with E-state index in [0.717, 1.165) is 0 Å². The number of aryl methyl sites for hydroxylation is 1. The molecule has 1 rings (SSSR count). The molecule has 1 heterocycles. The summed E-state index contributed by atoms with van der Waals surface area (Å²) in [5, 5.41) is 7.63. The second-order valence-corrected chi connectivity index (χ2v) is 3.71. The van der Waals surface area contributed by atoms with Gasteiger partial charge in [0.05, 0.1) is 13.2 Å². The Kier molecular flexibility index (Phi) is 3.71. The SMILES string of the molecule is COC(=O)c1cn(C)c(=N)cc1OC(C)C. The zero-order valence-electron chi connectivity index (χ0n) is 9.90. The number of carbonyl (C=O) groups is 1. The predicted octanol–water partition coefficient (Wildman–Crippen LogP) is 1.08. The van der Waals surface area contributed by atoms with Crippen molar-refractivity contribution in [2.24, 2.45) is 7.05 Å². The van der Waals surface area contributed by atoms with Crippen LogP contribution < -0.4 is 10.2 Å². The fraction of sp³-hybridized carbons (Fsp3) is 0.455. The summed E-state index contributed by atoms with van der Waals surface area (Å²) < 4.78 is 11.7. The normalized spacial score (nSPS) is 10.3. The van der Waals surface area contributed by atoms with Gasteiger partial charge in [0.1, 0.15) is 16.8 Å². The van der Waals surface area contributed by atoms with Gasteiger partial charge in [-0.1, -0.05) is 0 Å². The Balaban J connectivity index is 3.27. The van der Waals surface area contributed by atoms with Gasteiger partial charge in [0.2, 0.25) is 0 Å². The van der Waals surface area contributed by atoms with Gasteiger partial charge < -0.3 is 14.0 Å². The zero-order valence-corrected chi connectivity index (χ0v) is 9.90. The van der Waals surface area contributed by atoms with Crippen LogP contribution in [0.5, 0.6) is 5.75 Å². The summed E-state index contributed by atoms with van der Waals surface area (Å²) in [5.74, 6) is -0.0869. The van der Waals surface area contributed by atoms with Crippen molar-refractivity contribution in [2.75, 3.05) is 7.11 Å². The molecule has 0 aliphatic rings. The van der Waals surface area contributed by atoms with E-state index in [1.807, 2.05) is 13.8 Å². The molecule has 1 aromatic heterocycles. The molecule has 0 aliphatic heterocycles. The molecule has 0 aromatic carbocycles. The minimum atomic E-state index is -0.466. The lowest BCUT2D eigenvalue weighted by Gasteiger charge is -2.14. The minimum absolute atomic E-state index is 0.0597. The lowest BCUT2D eigenvalue weighted by molar-refractivity contribution is 0.0593. The average molecular weight is 224 g/mol. The summed E-state index contributed by atoms with van der Waals surface area (Å²) in [5.41, 5.74) is 0.595. The highest BCUT2D eigenvalue weighted by Crippen LogP contribution is 2.17. The van der Waals surface area contributed by atoms with Crippen LogP contribution in [0.3, 0.4) is 0 Å². The summed E-state index contributed by atoms with van der Waals surface area (Å²) in [4.78, 5) is 11.5. The van der Waals surface area contributed by atoms with E-state index in [-0.39, 0.29) is 11.6 Å². The van der Waals surface area contributed by atoms with Crippen molar-refractivity contribution in [2.45, 2.75) is 20.0 Å². The van der Waals surface area contributed by atoms with Crippen molar-refractivity contribution >= 4 is 5.97 Å². The summed E-state index contributed by atoms with van der Waals surface area (Å²) in [7, 11) is 3.00. The van der Waals surface area contributed by atoms with Gasteiger partial charge in [-0.3, -0.25) is 5.41 Å². The lowest BCUT2D eigenvalue weighted by Crippen LogP contribution is -2.21. The van der Waals surface area contributed by atoms with Gasteiger partial charge in [0.25, 0.3) is 0 Å². The maximum Gasteiger partial charge on any atom is 0.343 e. The van der Waals surface area contributed by atoms with Crippen molar-refractivity contribution < 1.29 is 14.3 Å². The van der Waals surface area contributed by atoms with Crippen molar-refractivity contribution in [3.05, 3.63) is 23.3 Å². The van der Waals surface area contributed by atoms with Gasteiger partial charge in [-0.25, -0.2) is 4.79 Å². The van der Waals surface area contributed by atoms with E-state index < -0.39 is 5.97 Å². The van der Waals surface area contributed by atoms with Gasteiger partial charge in [-0.05, 0) is 13.8 Å². The van der Waals surface area contributed by atoms with Gasteiger partial charge >= 0.3 is 5.97 Å². The van der Waals surface area contributed by atoms with E-state index in [1.54, 1.807) is 7.05 Å². The molecule has 0 fully saturated rings. The molecule has 5 heteroatoms. The van der Waals surface area contributed by atoms with Crippen LogP contribution in [-0.4, -0.2) is 23.8 Å². The van der Waals surface area contributed by atoms with E-state index in [9.17, 15) is 4.79 Å². The van der Waals surface area contributed by atoms with Crippen LogP contribution in [0.25, 0.3) is 0 Å². The Morgan fingerprint density at radius 3 is 2.62 bits per heavy atom. The highest BCUT2D eigenvalue weighted by molar-refractivity contribution is 5.92. The Morgan fingerprint density at radius 2 is 2.12 bits per heavy atom. The summed E-state index contributed by atoms with van der Waals surface area (Å²) in [6, 6.07) is 1.51. The van der Waals surface area contributed by atoms with Crippen molar-refractivity contribution in [3.8, 4) is 5.75 Å². The monoisotopic (exact) mass is 224 g/mol. The minimum Gasteiger partial charge on any atom is -0.490 e. The molecule has 1 N–H and O–H groups in total. The topological polar surface area (TPSA) is 64.3 Å². The van der Waals surface area contributed by atoms with E-state index in [2.05, 4.69) is 4.74 Å². The summed E-state index contributed by atoms with van der Waals surface area (Å²) in [6.45, 7) is 3.72. The largest absolute Gasteiger partial charge is 0.490 e. The Hall–Kier alpha value is -1.78. The second-order valence-electron chi connectivity index (χ2n) is 3.71. The smallest absolute Gasteiger partial charge is 0.343 e. The molecule has 0 saturated heterocycles. The maximum atomic E-state index is 11.5. The highest BCUT2D eigenvalue weighted by atomic mass is 16.5. The van der Waals surface area contributed by atoms with Crippen molar-refractivity contribution in [1.82, 2.24) is 4.57 Å². The van der Waals surface area contributed by atoms with Crippen molar-refractivity contribution in [3.63, 3.8) is 0 Å². The summed E-state index contributed by atoms with van der Waals surface area (Å²) >= 11 is 0. The molecule has 0 saturated carbocycles. The first kappa shape index (κ1) is 12.3. The van der Waals surface area contributed by atoms with E-state index in [1.165, 1.54) is 23.9 Å². The van der Waals surface area contributed by atoms with Gasteiger partial charge in [-0.2, -0.15) is 0 Å². The van der Waals surface area contributed by atoms with E-state index in [0.29, 0.717) is 11.3 Å². The van der Waals surface area contributed by atoms with Gasteiger partial charge in [0, 0.05) is 19.3 Å². The standard InChI is InChI=1S/C11H16N2O3/c1-7(2)16-9-5-10(12)13(3)6-8(9)11(14)15-4/h5-7,12H,1-4H3. The fourth-order valence-electron chi connectivity index (χ4n) is 1.25. The zero-order chi connectivity index (χ0) is 12.3. The van der Waals surface area contributed by atoms with Crippen LogP contribution in [0, 0.1) is 5.41 Å². The van der Waals surface area contributed by atoms with E-state index in [4.69, 9.17) is 10.1 Å². The molecule has 0 unspecified atom stereocenters. The van der Waals surface area contributed by atoms with Crippen LogP contribution in [0.4, 0.5) is 0 Å². The first-order chi connectivity index (χ1) is 7.45. The molecular weight excluding hydrogens is 208 g/mol. The number of hydrogen-bond donors (Lipinski definition) is 1. The quantitative estimate of drug-likeness (QED) is 0.781. The third kappa shape index (κ3) is 2.62. The molecule has 0 atom stereocenters. The number of esters is 1. The molecular formula is C11H16N2O3. The van der Waals surface area contributed by atoms with E-state index >= 15 is 0 Å². The number of nitrogens with zero attached hydrogens (tertiary/aromatic N) is 1. The molecule has 0 amide bonds. The second kappa shape index (κ2) is 4.83. The fourth-order valence-corrected chi connectivity index (χ4v) is 1.25. The molecule has 1 aromatic rings. The highest BCUT2D eigenvalue weighted by Gasteiger charge is 2.15. The van der Waals surface area contributed by atoms with Crippen LogP contribution in [-0.2, 0) is 11.8 Å². The number of rotatable bonds is 3. The molecule has 0 bridgehead atoms. The maximum absolute atomic E-state index is 11.5. The third-order valence-corrected chi connectivity index (χ3v) is 2.00. The van der Waals surface area contributed by atoms with Crippen molar-refractivity contribution in [1.29, 1.82) is 5.41 Å². The first-order valence-electron chi connectivity index (χ1n) is 4.96. The van der Waals surface area contributed by atoms with Gasteiger partial charge in [-0.15, -0.1) is 0 Å². The lowest BCUT2D eigenvalue weighted by atomic mass is 10.2. The summed E-state index contributed by atoms with van der Waals surface area (Å²) in [6.07, 6.45) is 1.47. The van der Waals surface area contributed by atoms with Crippen LogP contribution in [0.15, 0.2) is 12.3 Å². The molecule has 88 valence electrons. The third-order valence-electron chi connectivity index (χ3n) is 2.00. The number of aromatic nitrogens is 1. The number of hydrogen-bond acceptors (Lipinski definition) is 4. The number of nitrogens with one attached hydrogen (secondary N) is 1. The molecule has 16 heavy (non-hydrogen) atoms. The number of carbonyl (C=O) groups excluding carboxylic acids is 1. The van der Waals surface area contributed by atoms with Crippen LogP contribution in [0.2, 0.25) is 0 Å². The average Bonchev–Trinajstić information content (AvgIpc) is 2.21. The van der Waals surface area contributed by atoms with Crippen LogP contribution >= 0.6 is 0 Å². The predicted molar refractivity (Wildman–Crippen MR) is 58.4 cm³/mol. The molecule has 5 nitrogen and oxygen atoms in total. The van der Waals surface area contributed by atoms with Crippen LogP contribution in [0.1, 0.15) is 24.2 Å². The number of ether oxygens (including phenoxy) is 2. The Bertz CT molecular complexity index is 449. The Morgan fingerprint density at radius 1 is 1.50 bits per heavy atom. The molecule has 0 spiro atoms.